The summed E-state index contributed by atoms with van der Waals surface area (Å²) in [6, 6.07) is 5.43. The molecule has 2 aromatic rings. The SMILES string of the molecule is CCCNc1cc(COC)nc(-c2ncccc2Cl)n1. The first-order valence-electron chi connectivity index (χ1n) is 6.46. The van der Waals surface area contributed by atoms with Crippen LogP contribution in [0.2, 0.25) is 5.02 Å². The molecule has 0 fully saturated rings. The standard InChI is InChI=1S/C14H17ClN4O/c1-3-6-16-12-8-10(9-20-2)18-14(19-12)13-11(15)5-4-7-17-13/h4-5,7-8H,3,6,9H2,1-2H3,(H,16,18,19). The van der Waals surface area contributed by atoms with Gasteiger partial charge < -0.3 is 10.1 Å². The van der Waals surface area contributed by atoms with Crippen LogP contribution in [0.5, 0.6) is 0 Å². The Balaban J connectivity index is 2.40. The highest BCUT2D eigenvalue weighted by Gasteiger charge is 2.11. The molecule has 0 saturated carbocycles. The van der Waals surface area contributed by atoms with Gasteiger partial charge in [0.05, 0.1) is 17.3 Å². The Morgan fingerprint density at radius 2 is 2.20 bits per heavy atom. The van der Waals surface area contributed by atoms with E-state index in [0.29, 0.717) is 23.1 Å². The fourth-order valence-electron chi connectivity index (χ4n) is 1.72. The molecular formula is C14H17ClN4O. The molecule has 0 aliphatic heterocycles. The van der Waals surface area contributed by atoms with E-state index in [0.717, 1.165) is 24.5 Å². The molecule has 6 heteroatoms. The number of ether oxygens (including phenoxy) is 1. The van der Waals surface area contributed by atoms with Crippen molar-refractivity contribution >= 4 is 17.4 Å². The van der Waals surface area contributed by atoms with Crippen molar-refractivity contribution in [1.82, 2.24) is 15.0 Å². The summed E-state index contributed by atoms with van der Waals surface area (Å²) in [4.78, 5) is 13.1. The molecule has 2 aromatic heterocycles. The Labute approximate surface area is 123 Å². The number of nitrogens with zero attached hydrogens (tertiary/aromatic N) is 3. The summed E-state index contributed by atoms with van der Waals surface area (Å²) in [7, 11) is 1.63. The molecule has 2 rings (SSSR count). The number of pyridine rings is 1. The van der Waals surface area contributed by atoms with Crippen LogP contribution in [0.15, 0.2) is 24.4 Å². The van der Waals surface area contributed by atoms with Gasteiger partial charge >= 0.3 is 0 Å². The summed E-state index contributed by atoms with van der Waals surface area (Å²) in [5.41, 5.74) is 1.37. The van der Waals surface area contributed by atoms with E-state index in [1.54, 1.807) is 25.4 Å². The van der Waals surface area contributed by atoms with Crippen LogP contribution >= 0.6 is 11.6 Å². The number of hydrogen-bond donors (Lipinski definition) is 1. The topological polar surface area (TPSA) is 59.9 Å². The second kappa shape index (κ2) is 7.17. The first kappa shape index (κ1) is 14.7. The Morgan fingerprint density at radius 1 is 1.35 bits per heavy atom. The molecule has 0 radical (unpaired) electrons. The Morgan fingerprint density at radius 3 is 2.90 bits per heavy atom. The van der Waals surface area contributed by atoms with Crippen molar-refractivity contribution in [3.63, 3.8) is 0 Å². The van der Waals surface area contributed by atoms with Crippen LogP contribution in [0.1, 0.15) is 19.0 Å². The molecule has 0 amide bonds. The van der Waals surface area contributed by atoms with Gasteiger partial charge in [0.2, 0.25) is 0 Å². The van der Waals surface area contributed by atoms with Crippen LogP contribution in [-0.4, -0.2) is 28.6 Å². The van der Waals surface area contributed by atoms with Gasteiger partial charge in [-0.25, -0.2) is 9.97 Å². The minimum atomic E-state index is 0.417. The normalized spacial score (nSPS) is 10.6. The number of anilines is 1. The molecule has 0 aromatic carbocycles. The zero-order valence-electron chi connectivity index (χ0n) is 11.6. The van der Waals surface area contributed by atoms with E-state index in [2.05, 4.69) is 27.2 Å². The van der Waals surface area contributed by atoms with Crippen molar-refractivity contribution in [2.24, 2.45) is 0 Å². The zero-order chi connectivity index (χ0) is 14.4. The molecule has 2 heterocycles. The maximum Gasteiger partial charge on any atom is 0.182 e. The third kappa shape index (κ3) is 3.65. The summed E-state index contributed by atoms with van der Waals surface area (Å²) in [6.07, 6.45) is 2.69. The van der Waals surface area contributed by atoms with E-state index in [1.807, 2.05) is 6.07 Å². The molecule has 0 spiro atoms. The van der Waals surface area contributed by atoms with Crippen molar-refractivity contribution in [2.75, 3.05) is 19.0 Å². The molecule has 0 unspecified atom stereocenters. The maximum absolute atomic E-state index is 6.15. The number of methoxy groups -OCH3 is 1. The molecule has 0 aliphatic carbocycles. The van der Waals surface area contributed by atoms with Crippen molar-refractivity contribution in [3.05, 3.63) is 35.1 Å². The minimum absolute atomic E-state index is 0.417. The number of hydrogen-bond acceptors (Lipinski definition) is 5. The van der Waals surface area contributed by atoms with Gasteiger partial charge in [0, 0.05) is 25.9 Å². The highest BCUT2D eigenvalue weighted by Crippen LogP contribution is 2.23. The monoisotopic (exact) mass is 292 g/mol. The van der Waals surface area contributed by atoms with Crippen LogP contribution in [-0.2, 0) is 11.3 Å². The Kier molecular flexibility index (Phi) is 5.26. The lowest BCUT2D eigenvalue weighted by Crippen LogP contribution is -2.06. The van der Waals surface area contributed by atoms with E-state index in [9.17, 15) is 0 Å². The van der Waals surface area contributed by atoms with Crippen molar-refractivity contribution in [2.45, 2.75) is 20.0 Å². The number of rotatable bonds is 6. The lowest BCUT2D eigenvalue weighted by Gasteiger charge is -2.09. The van der Waals surface area contributed by atoms with Crippen molar-refractivity contribution in [1.29, 1.82) is 0 Å². The summed E-state index contributed by atoms with van der Waals surface area (Å²) in [5, 5.41) is 3.78. The zero-order valence-corrected chi connectivity index (χ0v) is 12.3. The van der Waals surface area contributed by atoms with Gasteiger partial charge in [0.15, 0.2) is 5.82 Å². The number of aromatic nitrogens is 3. The van der Waals surface area contributed by atoms with Gasteiger partial charge in [0.25, 0.3) is 0 Å². The predicted molar refractivity (Wildman–Crippen MR) is 79.8 cm³/mol. The summed E-state index contributed by atoms with van der Waals surface area (Å²) >= 11 is 6.15. The second-order valence-electron chi connectivity index (χ2n) is 4.26. The molecule has 0 aliphatic rings. The van der Waals surface area contributed by atoms with Gasteiger partial charge in [-0.05, 0) is 18.6 Å². The van der Waals surface area contributed by atoms with Crippen LogP contribution < -0.4 is 5.32 Å². The Hall–Kier alpha value is -1.72. The summed E-state index contributed by atoms with van der Waals surface area (Å²) in [6.45, 7) is 3.36. The lowest BCUT2D eigenvalue weighted by molar-refractivity contribution is 0.181. The molecule has 0 bridgehead atoms. The average Bonchev–Trinajstić information content (AvgIpc) is 2.46. The van der Waals surface area contributed by atoms with Gasteiger partial charge in [-0.15, -0.1) is 0 Å². The summed E-state index contributed by atoms with van der Waals surface area (Å²) in [5.74, 6) is 1.26. The fourth-order valence-corrected chi connectivity index (χ4v) is 1.93. The predicted octanol–water partition coefficient (Wildman–Crippen LogP) is 3.16. The van der Waals surface area contributed by atoms with E-state index >= 15 is 0 Å². The molecular weight excluding hydrogens is 276 g/mol. The smallest absolute Gasteiger partial charge is 0.182 e. The molecule has 0 saturated heterocycles. The second-order valence-corrected chi connectivity index (χ2v) is 4.67. The van der Waals surface area contributed by atoms with Crippen LogP contribution in [0.4, 0.5) is 5.82 Å². The first-order valence-corrected chi connectivity index (χ1v) is 6.84. The highest BCUT2D eigenvalue weighted by molar-refractivity contribution is 6.32. The maximum atomic E-state index is 6.15. The van der Waals surface area contributed by atoms with Crippen LogP contribution in [0.3, 0.4) is 0 Å². The average molecular weight is 293 g/mol. The number of nitrogens with one attached hydrogen (secondary N) is 1. The molecule has 106 valence electrons. The number of halogens is 1. The minimum Gasteiger partial charge on any atom is -0.378 e. The van der Waals surface area contributed by atoms with E-state index in [1.165, 1.54) is 0 Å². The van der Waals surface area contributed by atoms with Crippen LogP contribution in [0, 0.1) is 0 Å². The van der Waals surface area contributed by atoms with E-state index in [-0.39, 0.29) is 0 Å². The highest BCUT2D eigenvalue weighted by atomic mass is 35.5. The third-order valence-electron chi connectivity index (χ3n) is 2.60. The lowest BCUT2D eigenvalue weighted by atomic mass is 10.3. The van der Waals surface area contributed by atoms with Crippen molar-refractivity contribution < 1.29 is 4.74 Å². The molecule has 0 atom stereocenters. The quantitative estimate of drug-likeness (QED) is 0.886. The largest absolute Gasteiger partial charge is 0.378 e. The van der Waals surface area contributed by atoms with Crippen molar-refractivity contribution in [3.8, 4) is 11.5 Å². The van der Waals surface area contributed by atoms with Crippen LogP contribution in [0.25, 0.3) is 11.5 Å². The first-order chi connectivity index (χ1) is 9.74. The molecule has 1 N–H and O–H groups in total. The van der Waals surface area contributed by atoms with E-state index in [4.69, 9.17) is 16.3 Å². The van der Waals surface area contributed by atoms with Gasteiger partial charge in [0.1, 0.15) is 11.5 Å². The third-order valence-corrected chi connectivity index (χ3v) is 2.90. The molecule has 20 heavy (non-hydrogen) atoms. The van der Waals surface area contributed by atoms with E-state index < -0.39 is 0 Å². The summed E-state index contributed by atoms with van der Waals surface area (Å²) < 4.78 is 5.14. The Bertz CT molecular complexity index is 577. The van der Waals surface area contributed by atoms with Gasteiger partial charge in [-0.3, -0.25) is 4.98 Å². The molecule has 5 nitrogen and oxygen atoms in total. The fraction of sp³-hybridized carbons (Fsp3) is 0.357. The van der Waals surface area contributed by atoms with Gasteiger partial charge in [-0.1, -0.05) is 18.5 Å². The van der Waals surface area contributed by atoms with Gasteiger partial charge in [-0.2, -0.15) is 0 Å².